The maximum atomic E-state index is 12.3. The zero-order valence-corrected chi connectivity index (χ0v) is 12.5. The van der Waals surface area contributed by atoms with Crippen LogP contribution >= 0.6 is 11.6 Å². The molecule has 3 N–H and O–H groups in total. The van der Waals surface area contributed by atoms with E-state index in [-0.39, 0.29) is 31.3 Å². The smallest absolute Gasteiger partial charge is 0.253 e. The Morgan fingerprint density at radius 2 is 2.18 bits per heavy atom. The van der Waals surface area contributed by atoms with Crippen molar-refractivity contribution in [1.82, 2.24) is 10.9 Å². The molecule has 0 bridgehead atoms. The lowest BCUT2D eigenvalue weighted by atomic mass is 10.2. The number of nitrogens with zero attached hydrogens (tertiary/aromatic N) is 1. The molecule has 1 atom stereocenters. The molecule has 3 amide bonds. The second-order valence-electron chi connectivity index (χ2n) is 4.82. The molecular formula is C14H16ClN3O4. The fourth-order valence-electron chi connectivity index (χ4n) is 2.10. The predicted molar refractivity (Wildman–Crippen MR) is 79.9 cm³/mol. The van der Waals surface area contributed by atoms with Gasteiger partial charge in [0.15, 0.2) is 0 Å². The lowest BCUT2D eigenvalue weighted by Gasteiger charge is -2.16. The summed E-state index contributed by atoms with van der Waals surface area (Å²) >= 11 is 5.86. The van der Waals surface area contributed by atoms with Gasteiger partial charge in [-0.25, -0.2) is 10.3 Å². The van der Waals surface area contributed by atoms with Crippen molar-refractivity contribution in [2.45, 2.75) is 25.3 Å². The van der Waals surface area contributed by atoms with E-state index in [1.807, 2.05) is 0 Å². The molecule has 1 aliphatic heterocycles. The summed E-state index contributed by atoms with van der Waals surface area (Å²) in [6.07, 6.45) is 0.418. The van der Waals surface area contributed by atoms with Gasteiger partial charge in [-0.1, -0.05) is 17.7 Å². The molecule has 2 rings (SSSR count). The highest BCUT2D eigenvalue weighted by molar-refractivity contribution is 6.31. The number of hydrazine groups is 1. The van der Waals surface area contributed by atoms with Crippen LogP contribution in [0, 0.1) is 0 Å². The Morgan fingerprint density at radius 3 is 2.86 bits per heavy atom. The Morgan fingerprint density at radius 1 is 1.41 bits per heavy atom. The zero-order valence-electron chi connectivity index (χ0n) is 11.7. The van der Waals surface area contributed by atoms with Crippen molar-refractivity contribution in [2.75, 3.05) is 11.5 Å². The summed E-state index contributed by atoms with van der Waals surface area (Å²) in [4.78, 5) is 36.7. The third-order valence-corrected chi connectivity index (χ3v) is 3.40. The predicted octanol–water partition coefficient (Wildman–Crippen LogP) is 0.365. The number of carbonyl (C=O) groups excluding carboxylic acids is 3. The van der Waals surface area contributed by atoms with Crippen molar-refractivity contribution in [3.8, 4) is 0 Å². The van der Waals surface area contributed by atoms with E-state index in [2.05, 4.69) is 10.9 Å². The van der Waals surface area contributed by atoms with Crippen LogP contribution in [0.2, 0.25) is 5.02 Å². The molecule has 7 nitrogen and oxygen atoms in total. The van der Waals surface area contributed by atoms with Crippen LogP contribution in [0.15, 0.2) is 24.3 Å². The second-order valence-corrected chi connectivity index (χ2v) is 5.26. The van der Waals surface area contributed by atoms with Crippen molar-refractivity contribution in [3.05, 3.63) is 29.3 Å². The first-order valence-electron chi connectivity index (χ1n) is 6.80. The second kappa shape index (κ2) is 7.35. The molecule has 22 heavy (non-hydrogen) atoms. The molecule has 0 aromatic heterocycles. The van der Waals surface area contributed by atoms with Gasteiger partial charge in [-0.05, 0) is 24.6 Å². The van der Waals surface area contributed by atoms with Gasteiger partial charge in [0, 0.05) is 18.1 Å². The molecule has 118 valence electrons. The number of rotatable bonds is 6. The van der Waals surface area contributed by atoms with Crippen molar-refractivity contribution >= 4 is 35.0 Å². The van der Waals surface area contributed by atoms with Crippen molar-refractivity contribution in [1.29, 1.82) is 0 Å². The topological polar surface area (TPSA) is 98.7 Å². The minimum absolute atomic E-state index is 0.0500. The highest BCUT2D eigenvalue weighted by Gasteiger charge is 2.39. The lowest BCUT2D eigenvalue weighted by molar-refractivity contribution is -0.123. The Hall–Kier alpha value is -1.96. The van der Waals surface area contributed by atoms with Crippen LogP contribution in [0.25, 0.3) is 0 Å². The normalized spacial score (nSPS) is 17.9. The molecule has 1 aliphatic rings. The number of carbonyl (C=O) groups is 3. The fraction of sp³-hybridized carbons (Fsp3) is 0.357. The first kappa shape index (κ1) is 16.4. The maximum absolute atomic E-state index is 12.3. The highest BCUT2D eigenvalue weighted by Crippen LogP contribution is 2.25. The number of aliphatic hydroxyl groups excluding tert-OH is 1. The van der Waals surface area contributed by atoms with Gasteiger partial charge < -0.3 is 5.11 Å². The first-order chi connectivity index (χ1) is 10.5. The van der Waals surface area contributed by atoms with Crippen LogP contribution in [-0.2, 0) is 14.4 Å². The molecule has 8 heteroatoms. The number of anilines is 1. The number of hydrogen-bond donors (Lipinski definition) is 3. The molecule has 0 saturated carbocycles. The van der Waals surface area contributed by atoms with Gasteiger partial charge in [0.1, 0.15) is 6.04 Å². The standard InChI is InChI=1S/C14H16ClN3O4/c15-9-3-1-4-10(7-9)18-13(21)8-11(14(18)22)16-17-12(20)5-2-6-19/h1,3-4,7,11,16,19H,2,5-6,8H2,(H,17,20)/t11-/m1/s1. The van der Waals surface area contributed by atoms with Crippen LogP contribution in [0.5, 0.6) is 0 Å². The van der Waals surface area contributed by atoms with E-state index in [9.17, 15) is 14.4 Å². The summed E-state index contributed by atoms with van der Waals surface area (Å²) in [7, 11) is 0. The molecule has 0 spiro atoms. The monoisotopic (exact) mass is 325 g/mol. The fourth-order valence-corrected chi connectivity index (χ4v) is 2.29. The van der Waals surface area contributed by atoms with Crippen molar-refractivity contribution in [2.24, 2.45) is 0 Å². The number of imide groups is 1. The summed E-state index contributed by atoms with van der Waals surface area (Å²) in [6, 6.07) is 5.62. The van der Waals surface area contributed by atoms with Gasteiger partial charge in [0.2, 0.25) is 11.8 Å². The number of aliphatic hydroxyl groups is 1. The average Bonchev–Trinajstić information content (AvgIpc) is 2.77. The van der Waals surface area contributed by atoms with Crippen molar-refractivity contribution < 1.29 is 19.5 Å². The summed E-state index contributed by atoms with van der Waals surface area (Å²) < 4.78 is 0. The number of amides is 3. The van der Waals surface area contributed by atoms with E-state index in [1.54, 1.807) is 18.2 Å². The van der Waals surface area contributed by atoms with E-state index in [0.29, 0.717) is 17.1 Å². The van der Waals surface area contributed by atoms with E-state index in [1.165, 1.54) is 6.07 Å². The first-order valence-corrected chi connectivity index (χ1v) is 7.18. The van der Waals surface area contributed by atoms with E-state index in [4.69, 9.17) is 16.7 Å². The van der Waals surface area contributed by atoms with E-state index >= 15 is 0 Å². The molecule has 0 aliphatic carbocycles. The summed E-state index contributed by atoms with van der Waals surface area (Å²) in [5.74, 6) is -1.17. The molecule has 1 aromatic carbocycles. The van der Waals surface area contributed by atoms with Gasteiger partial charge >= 0.3 is 0 Å². The number of benzene rings is 1. The number of nitrogens with one attached hydrogen (secondary N) is 2. The van der Waals surface area contributed by atoms with Crippen LogP contribution < -0.4 is 15.8 Å². The lowest BCUT2D eigenvalue weighted by Crippen LogP contribution is -2.48. The maximum Gasteiger partial charge on any atom is 0.253 e. The Kier molecular flexibility index (Phi) is 5.48. The average molecular weight is 326 g/mol. The van der Waals surface area contributed by atoms with Gasteiger partial charge in [-0.2, -0.15) is 0 Å². The molecule has 0 radical (unpaired) electrons. The van der Waals surface area contributed by atoms with Gasteiger partial charge in [0.05, 0.1) is 12.1 Å². The van der Waals surface area contributed by atoms with Crippen LogP contribution in [0.3, 0.4) is 0 Å². The van der Waals surface area contributed by atoms with E-state index in [0.717, 1.165) is 4.90 Å². The van der Waals surface area contributed by atoms with Crippen LogP contribution in [0.1, 0.15) is 19.3 Å². The third-order valence-electron chi connectivity index (χ3n) is 3.16. The summed E-state index contributed by atoms with van der Waals surface area (Å²) in [5, 5.41) is 9.06. The molecule has 1 saturated heterocycles. The van der Waals surface area contributed by atoms with Crippen LogP contribution in [0.4, 0.5) is 5.69 Å². The largest absolute Gasteiger partial charge is 0.396 e. The third kappa shape index (κ3) is 3.82. The Bertz CT molecular complexity index is 593. The summed E-state index contributed by atoms with van der Waals surface area (Å²) in [5.41, 5.74) is 5.33. The molecule has 0 unspecified atom stereocenters. The van der Waals surface area contributed by atoms with Crippen LogP contribution in [-0.4, -0.2) is 35.5 Å². The molecular weight excluding hydrogens is 310 g/mol. The minimum Gasteiger partial charge on any atom is -0.396 e. The summed E-state index contributed by atoms with van der Waals surface area (Å²) in [6.45, 7) is -0.0865. The minimum atomic E-state index is -0.815. The SMILES string of the molecule is O=C(CCCO)NN[C@@H]1CC(=O)N(c2cccc(Cl)c2)C1=O. The Labute approximate surface area is 132 Å². The van der Waals surface area contributed by atoms with Gasteiger partial charge in [-0.15, -0.1) is 0 Å². The molecule has 1 heterocycles. The molecule has 1 fully saturated rings. The quantitative estimate of drug-likeness (QED) is 0.518. The van der Waals surface area contributed by atoms with Crippen molar-refractivity contribution in [3.63, 3.8) is 0 Å². The zero-order chi connectivity index (χ0) is 16.1. The Balaban J connectivity index is 1.98. The number of halogens is 1. The molecule has 1 aromatic rings. The van der Waals surface area contributed by atoms with E-state index < -0.39 is 11.9 Å². The van der Waals surface area contributed by atoms with Gasteiger partial charge in [-0.3, -0.25) is 19.8 Å². The van der Waals surface area contributed by atoms with Gasteiger partial charge in [0.25, 0.3) is 5.91 Å². The highest BCUT2D eigenvalue weighted by atomic mass is 35.5. The number of hydrogen-bond acceptors (Lipinski definition) is 5.